The lowest BCUT2D eigenvalue weighted by molar-refractivity contribution is 0.159. The molecule has 2 heteroatoms. The Balaban J connectivity index is 2.10. The second-order valence-electron chi connectivity index (χ2n) is 7.88. The lowest BCUT2D eigenvalue weighted by Gasteiger charge is -2.41. The molecule has 1 aromatic carbocycles. The summed E-state index contributed by atoms with van der Waals surface area (Å²) in [7, 11) is 0. The van der Waals surface area contributed by atoms with Gasteiger partial charge in [-0.2, -0.15) is 0 Å². The van der Waals surface area contributed by atoms with E-state index < -0.39 is 0 Å². The zero-order valence-corrected chi connectivity index (χ0v) is 14.7. The Labute approximate surface area is 135 Å². The Morgan fingerprint density at radius 3 is 2.76 bits per heavy atom. The van der Waals surface area contributed by atoms with Crippen LogP contribution in [0.25, 0.3) is 0 Å². The smallest absolute Gasteiger partial charge is 0.0408 e. The van der Waals surface area contributed by atoms with Gasteiger partial charge in [0.2, 0.25) is 0 Å². The molecule has 2 rings (SSSR count). The summed E-state index contributed by atoms with van der Waals surface area (Å²) < 4.78 is 0. The van der Waals surface area contributed by atoms with E-state index in [2.05, 4.69) is 51.2 Å². The Hall–Kier alpha value is -0.530. The van der Waals surface area contributed by atoms with E-state index in [-0.39, 0.29) is 0 Å². The largest absolute Gasteiger partial charge is 0.316 e. The first-order chi connectivity index (χ1) is 9.87. The molecule has 0 aliphatic heterocycles. The molecule has 2 atom stereocenters. The number of hydrogen-bond donors (Lipinski definition) is 1. The van der Waals surface area contributed by atoms with Crippen LogP contribution in [-0.2, 0) is 0 Å². The number of rotatable bonds is 5. The van der Waals surface area contributed by atoms with E-state index in [0.717, 1.165) is 29.9 Å². The fraction of sp³-hybridized carbons (Fsp3) is 0.684. The molecule has 1 fully saturated rings. The molecule has 118 valence electrons. The molecule has 0 saturated heterocycles. The van der Waals surface area contributed by atoms with Gasteiger partial charge in [-0.05, 0) is 73.2 Å². The molecule has 2 unspecified atom stereocenters. The normalized spacial score (nSPS) is 25.2. The number of benzene rings is 1. The van der Waals surface area contributed by atoms with Crippen LogP contribution in [0.3, 0.4) is 0 Å². The summed E-state index contributed by atoms with van der Waals surface area (Å²) in [5, 5.41) is 4.53. The van der Waals surface area contributed by atoms with Gasteiger partial charge in [0.05, 0.1) is 0 Å². The van der Waals surface area contributed by atoms with Crippen LogP contribution in [0.1, 0.15) is 58.4 Å². The highest BCUT2D eigenvalue weighted by atomic mass is 35.5. The second-order valence-corrected chi connectivity index (χ2v) is 8.32. The summed E-state index contributed by atoms with van der Waals surface area (Å²) in [5.41, 5.74) is 1.87. The molecule has 1 aliphatic carbocycles. The van der Waals surface area contributed by atoms with Crippen LogP contribution in [0.4, 0.5) is 0 Å². The minimum absolute atomic E-state index is 0.446. The lowest BCUT2D eigenvalue weighted by atomic mass is 9.65. The van der Waals surface area contributed by atoms with Crippen LogP contribution in [-0.4, -0.2) is 13.1 Å². The van der Waals surface area contributed by atoms with E-state index in [1.165, 1.54) is 24.8 Å². The summed E-state index contributed by atoms with van der Waals surface area (Å²) in [4.78, 5) is 0. The van der Waals surface area contributed by atoms with E-state index in [9.17, 15) is 0 Å². The van der Waals surface area contributed by atoms with Crippen molar-refractivity contribution in [2.75, 3.05) is 13.1 Å². The Kier molecular flexibility index (Phi) is 5.73. The van der Waals surface area contributed by atoms with Crippen LogP contribution >= 0.6 is 11.6 Å². The van der Waals surface area contributed by atoms with E-state index in [4.69, 9.17) is 11.6 Å². The van der Waals surface area contributed by atoms with Gasteiger partial charge in [-0.15, -0.1) is 0 Å². The minimum Gasteiger partial charge on any atom is -0.316 e. The van der Waals surface area contributed by atoms with Crippen molar-refractivity contribution in [3.63, 3.8) is 0 Å². The zero-order chi connectivity index (χ0) is 15.5. The summed E-state index contributed by atoms with van der Waals surface area (Å²) in [5.74, 6) is 2.08. The van der Waals surface area contributed by atoms with Gasteiger partial charge in [-0.1, -0.05) is 51.4 Å². The van der Waals surface area contributed by atoms with E-state index in [1.54, 1.807) is 0 Å². The van der Waals surface area contributed by atoms with Gasteiger partial charge >= 0.3 is 0 Å². The van der Waals surface area contributed by atoms with Crippen molar-refractivity contribution in [3.05, 3.63) is 34.9 Å². The minimum atomic E-state index is 0.446. The fourth-order valence-electron chi connectivity index (χ4n) is 3.57. The molecule has 0 radical (unpaired) electrons. The Bertz CT molecular complexity index is 453. The summed E-state index contributed by atoms with van der Waals surface area (Å²) in [6.07, 6.45) is 3.91. The molecular formula is C19H30ClN. The highest BCUT2D eigenvalue weighted by Crippen LogP contribution is 2.46. The van der Waals surface area contributed by atoms with Crippen LogP contribution in [0.15, 0.2) is 24.3 Å². The van der Waals surface area contributed by atoms with Gasteiger partial charge in [0.25, 0.3) is 0 Å². The number of hydrogen-bond acceptors (Lipinski definition) is 1. The molecular weight excluding hydrogens is 278 g/mol. The molecule has 1 N–H and O–H groups in total. The van der Waals surface area contributed by atoms with Crippen molar-refractivity contribution in [3.8, 4) is 0 Å². The van der Waals surface area contributed by atoms with Crippen molar-refractivity contribution >= 4 is 11.6 Å². The maximum absolute atomic E-state index is 6.21. The Morgan fingerprint density at radius 2 is 2.10 bits per heavy atom. The fourth-order valence-corrected chi connectivity index (χ4v) is 3.77. The van der Waals surface area contributed by atoms with Crippen molar-refractivity contribution in [1.82, 2.24) is 5.32 Å². The molecule has 0 amide bonds. The molecule has 0 heterocycles. The zero-order valence-electron chi connectivity index (χ0n) is 14.0. The second kappa shape index (κ2) is 7.15. The predicted molar refractivity (Wildman–Crippen MR) is 93.0 cm³/mol. The third kappa shape index (κ3) is 5.00. The van der Waals surface area contributed by atoms with Crippen molar-refractivity contribution in [2.45, 2.75) is 52.9 Å². The average molecular weight is 308 g/mol. The van der Waals surface area contributed by atoms with Gasteiger partial charge in [0.15, 0.2) is 0 Å². The Morgan fingerprint density at radius 1 is 1.33 bits per heavy atom. The van der Waals surface area contributed by atoms with Crippen LogP contribution in [0.2, 0.25) is 5.02 Å². The molecule has 1 saturated carbocycles. The molecule has 0 bridgehead atoms. The van der Waals surface area contributed by atoms with Gasteiger partial charge in [0, 0.05) is 5.02 Å². The lowest BCUT2D eigenvalue weighted by Crippen LogP contribution is -2.35. The van der Waals surface area contributed by atoms with Gasteiger partial charge in [-0.25, -0.2) is 0 Å². The SMILES string of the molecule is CC(C)CNCC1CCC(C)(C)CC1c1cccc(Cl)c1. The topological polar surface area (TPSA) is 12.0 Å². The highest BCUT2D eigenvalue weighted by Gasteiger charge is 2.35. The first-order valence-corrected chi connectivity index (χ1v) is 8.71. The summed E-state index contributed by atoms with van der Waals surface area (Å²) in [6, 6.07) is 8.50. The predicted octanol–water partition coefficient (Wildman–Crippen LogP) is 5.50. The maximum atomic E-state index is 6.21. The van der Waals surface area contributed by atoms with Crippen molar-refractivity contribution in [1.29, 1.82) is 0 Å². The highest BCUT2D eigenvalue weighted by molar-refractivity contribution is 6.30. The van der Waals surface area contributed by atoms with Gasteiger partial charge in [0.1, 0.15) is 0 Å². The van der Waals surface area contributed by atoms with Gasteiger partial charge < -0.3 is 5.32 Å². The maximum Gasteiger partial charge on any atom is 0.0408 e. The molecule has 1 aliphatic rings. The summed E-state index contributed by atoms with van der Waals surface area (Å²) >= 11 is 6.21. The van der Waals surface area contributed by atoms with Crippen LogP contribution < -0.4 is 5.32 Å². The standard InChI is InChI=1S/C19H30ClN/c1-14(2)12-21-13-16-8-9-19(3,4)11-18(16)15-6-5-7-17(20)10-15/h5-7,10,14,16,18,21H,8-9,11-13H2,1-4H3. The number of nitrogens with one attached hydrogen (secondary N) is 1. The van der Waals surface area contributed by atoms with Crippen LogP contribution in [0.5, 0.6) is 0 Å². The van der Waals surface area contributed by atoms with Crippen LogP contribution in [0, 0.1) is 17.3 Å². The third-order valence-corrected chi connectivity index (χ3v) is 5.00. The molecule has 1 aromatic rings. The monoisotopic (exact) mass is 307 g/mol. The molecule has 21 heavy (non-hydrogen) atoms. The van der Waals surface area contributed by atoms with E-state index in [0.29, 0.717) is 11.3 Å². The quantitative estimate of drug-likeness (QED) is 0.758. The molecule has 1 nitrogen and oxygen atoms in total. The van der Waals surface area contributed by atoms with Crippen molar-refractivity contribution < 1.29 is 0 Å². The molecule has 0 aromatic heterocycles. The third-order valence-electron chi connectivity index (χ3n) is 4.77. The first-order valence-electron chi connectivity index (χ1n) is 8.33. The molecule has 0 spiro atoms. The van der Waals surface area contributed by atoms with E-state index in [1.807, 2.05) is 6.07 Å². The summed E-state index contributed by atoms with van der Waals surface area (Å²) in [6.45, 7) is 11.6. The average Bonchev–Trinajstić information content (AvgIpc) is 2.39. The number of halogens is 1. The van der Waals surface area contributed by atoms with E-state index >= 15 is 0 Å². The van der Waals surface area contributed by atoms with Gasteiger partial charge in [-0.3, -0.25) is 0 Å². The van der Waals surface area contributed by atoms with Crippen molar-refractivity contribution in [2.24, 2.45) is 17.3 Å². The first kappa shape index (κ1) is 16.8.